The summed E-state index contributed by atoms with van der Waals surface area (Å²) in [6, 6.07) is 7.40. The van der Waals surface area contributed by atoms with Crippen molar-refractivity contribution in [1.29, 1.82) is 10.5 Å². The minimum Gasteiger partial charge on any atom is -0.490 e. The van der Waals surface area contributed by atoms with Gasteiger partial charge in [-0.3, -0.25) is 0 Å². The maximum absolute atomic E-state index is 8.89. The van der Waals surface area contributed by atoms with E-state index >= 15 is 0 Å². The van der Waals surface area contributed by atoms with Gasteiger partial charge in [0, 0.05) is 5.56 Å². The van der Waals surface area contributed by atoms with Crippen LogP contribution in [0.4, 0.5) is 0 Å². The predicted molar refractivity (Wildman–Crippen MR) is 86.5 cm³/mol. The maximum atomic E-state index is 8.89. The highest BCUT2D eigenvalue weighted by Crippen LogP contribution is 2.34. The third-order valence-electron chi connectivity index (χ3n) is 2.82. The lowest BCUT2D eigenvalue weighted by Crippen LogP contribution is -2.03. The van der Waals surface area contributed by atoms with Gasteiger partial charge in [-0.25, -0.2) is 0 Å². The fraction of sp³-hybridized carbons (Fsp3) is 0.333. The molecule has 0 aliphatic rings. The first kappa shape index (κ1) is 17.3. The van der Waals surface area contributed by atoms with Gasteiger partial charge >= 0.3 is 0 Å². The molecule has 0 fully saturated rings. The van der Waals surface area contributed by atoms with Crippen LogP contribution < -0.4 is 9.47 Å². The van der Waals surface area contributed by atoms with Crippen LogP contribution in [0.3, 0.4) is 0 Å². The van der Waals surface area contributed by atoms with Crippen molar-refractivity contribution in [3.05, 3.63) is 41.5 Å². The number of nitriles is 2. The van der Waals surface area contributed by atoms with E-state index in [4.69, 9.17) is 20.0 Å². The zero-order valence-electron chi connectivity index (χ0n) is 13.1. The minimum absolute atomic E-state index is 0.0502. The molecule has 0 N–H and O–H groups in total. The van der Waals surface area contributed by atoms with E-state index in [1.165, 1.54) is 0 Å². The van der Waals surface area contributed by atoms with Gasteiger partial charge in [-0.15, -0.1) is 6.58 Å². The van der Waals surface area contributed by atoms with Crippen molar-refractivity contribution in [1.82, 2.24) is 0 Å². The van der Waals surface area contributed by atoms with Crippen molar-refractivity contribution in [3.63, 3.8) is 0 Å². The molecule has 114 valence electrons. The first-order chi connectivity index (χ1) is 10.7. The van der Waals surface area contributed by atoms with E-state index in [9.17, 15) is 0 Å². The molecule has 0 bridgehead atoms. The van der Waals surface area contributed by atoms with Gasteiger partial charge in [0.1, 0.15) is 17.7 Å². The van der Waals surface area contributed by atoms with Crippen LogP contribution in [0.15, 0.2) is 30.4 Å². The molecule has 0 unspecified atom stereocenters. The Balaban J connectivity index is 3.39. The van der Waals surface area contributed by atoms with E-state index in [1.807, 2.05) is 32.1 Å². The molecule has 4 heteroatoms. The Kier molecular flexibility index (Phi) is 7.29. The predicted octanol–water partition coefficient (Wildman–Crippen LogP) is 4.03. The lowest BCUT2D eigenvalue weighted by molar-refractivity contribution is 0.275. The number of hydrogen-bond acceptors (Lipinski definition) is 4. The number of ether oxygens (including phenoxy) is 2. The Morgan fingerprint density at radius 2 is 1.95 bits per heavy atom. The van der Waals surface area contributed by atoms with Crippen LogP contribution in [0.1, 0.15) is 31.4 Å². The molecule has 4 nitrogen and oxygen atoms in total. The largest absolute Gasteiger partial charge is 0.490 e. The third-order valence-corrected chi connectivity index (χ3v) is 2.82. The number of hydrogen-bond donors (Lipinski definition) is 0. The Morgan fingerprint density at radius 3 is 2.50 bits per heavy atom. The third kappa shape index (κ3) is 4.68. The van der Waals surface area contributed by atoms with Gasteiger partial charge in [-0.05, 0) is 43.5 Å². The molecule has 0 aromatic heterocycles. The van der Waals surface area contributed by atoms with E-state index in [2.05, 4.69) is 6.58 Å². The van der Waals surface area contributed by atoms with Crippen molar-refractivity contribution in [3.8, 4) is 23.6 Å². The number of rotatable bonds is 8. The van der Waals surface area contributed by atoms with Crippen LogP contribution in [-0.2, 0) is 6.42 Å². The minimum atomic E-state index is 0.0502. The van der Waals surface area contributed by atoms with Crippen LogP contribution in [0, 0.1) is 22.7 Å². The van der Waals surface area contributed by atoms with Gasteiger partial charge in [-0.2, -0.15) is 10.5 Å². The van der Waals surface area contributed by atoms with Crippen molar-refractivity contribution in [2.45, 2.75) is 26.7 Å². The van der Waals surface area contributed by atoms with Gasteiger partial charge in [0.15, 0.2) is 11.5 Å². The van der Waals surface area contributed by atoms with E-state index in [-0.39, 0.29) is 5.57 Å². The normalized spacial score (nSPS) is 9.27. The Hall–Kier alpha value is -2.72. The molecule has 1 aromatic carbocycles. The molecular weight excluding hydrogens is 276 g/mol. The fourth-order valence-electron chi connectivity index (χ4n) is 1.96. The highest BCUT2D eigenvalue weighted by Gasteiger charge is 2.13. The van der Waals surface area contributed by atoms with Crippen molar-refractivity contribution < 1.29 is 9.47 Å². The molecule has 1 rings (SSSR count). The smallest absolute Gasteiger partial charge is 0.164 e. The number of benzene rings is 1. The lowest BCUT2D eigenvalue weighted by atomic mass is 10.0. The Bertz CT molecular complexity index is 618. The summed E-state index contributed by atoms with van der Waals surface area (Å²) in [5.74, 6) is 1.33. The summed E-state index contributed by atoms with van der Waals surface area (Å²) in [5, 5.41) is 17.8. The van der Waals surface area contributed by atoms with Crippen molar-refractivity contribution in [2.75, 3.05) is 13.2 Å². The molecule has 0 radical (unpaired) electrons. The number of nitrogens with zero attached hydrogens (tertiary/aromatic N) is 2. The van der Waals surface area contributed by atoms with Crippen LogP contribution >= 0.6 is 0 Å². The molecule has 0 saturated carbocycles. The summed E-state index contributed by atoms with van der Waals surface area (Å²) in [4.78, 5) is 0. The first-order valence-corrected chi connectivity index (χ1v) is 7.25. The number of allylic oxidation sites excluding steroid dienone is 2. The molecular formula is C18H20N2O2. The molecule has 1 aromatic rings. The average Bonchev–Trinajstić information content (AvgIpc) is 2.52. The summed E-state index contributed by atoms with van der Waals surface area (Å²) in [6.07, 6.45) is 4.84. The molecule has 0 aliphatic carbocycles. The average molecular weight is 296 g/mol. The van der Waals surface area contributed by atoms with Gasteiger partial charge in [0.2, 0.25) is 0 Å². The van der Waals surface area contributed by atoms with Crippen LogP contribution in [-0.4, -0.2) is 13.2 Å². The van der Waals surface area contributed by atoms with Crippen LogP contribution in [0.2, 0.25) is 0 Å². The van der Waals surface area contributed by atoms with E-state index in [0.717, 1.165) is 17.5 Å². The van der Waals surface area contributed by atoms with Gasteiger partial charge in [0.05, 0.1) is 13.2 Å². The zero-order valence-corrected chi connectivity index (χ0v) is 13.1. The summed E-state index contributed by atoms with van der Waals surface area (Å²) >= 11 is 0. The quantitative estimate of drug-likeness (QED) is 0.536. The van der Waals surface area contributed by atoms with Crippen LogP contribution in [0.25, 0.3) is 6.08 Å². The van der Waals surface area contributed by atoms with Gasteiger partial charge in [0.25, 0.3) is 0 Å². The molecule has 0 aliphatic heterocycles. The fourth-order valence-corrected chi connectivity index (χ4v) is 1.96. The summed E-state index contributed by atoms with van der Waals surface area (Å²) in [5.41, 5.74) is 1.72. The molecule has 0 saturated heterocycles. The molecule has 0 spiro atoms. The Morgan fingerprint density at radius 1 is 1.23 bits per heavy atom. The maximum Gasteiger partial charge on any atom is 0.164 e. The highest BCUT2D eigenvalue weighted by atomic mass is 16.5. The lowest BCUT2D eigenvalue weighted by Gasteiger charge is -2.16. The Labute approximate surface area is 131 Å². The highest BCUT2D eigenvalue weighted by molar-refractivity contribution is 5.66. The second-order valence-corrected chi connectivity index (χ2v) is 4.56. The SMILES string of the molecule is C=CCc1cc(C=C(C#N)C#N)cc(OCC)c1OCCC. The second kappa shape index (κ2) is 9.26. The summed E-state index contributed by atoms with van der Waals surface area (Å²) in [7, 11) is 0. The second-order valence-electron chi connectivity index (χ2n) is 4.56. The van der Waals surface area contributed by atoms with Gasteiger partial charge < -0.3 is 9.47 Å². The van der Waals surface area contributed by atoms with Crippen molar-refractivity contribution in [2.24, 2.45) is 0 Å². The van der Waals surface area contributed by atoms with Crippen LogP contribution in [0.5, 0.6) is 11.5 Å². The topological polar surface area (TPSA) is 66.0 Å². The standard InChI is InChI=1S/C18H20N2O2/c1-4-7-16-10-14(9-15(12-19)13-20)11-17(21-6-3)18(16)22-8-5-2/h4,9-11H,1,5-8H2,2-3H3. The molecule has 0 atom stereocenters. The molecule has 0 heterocycles. The monoisotopic (exact) mass is 296 g/mol. The summed E-state index contributed by atoms with van der Waals surface area (Å²) in [6.45, 7) is 8.80. The zero-order chi connectivity index (χ0) is 16.4. The van der Waals surface area contributed by atoms with Gasteiger partial charge in [-0.1, -0.05) is 13.0 Å². The first-order valence-electron chi connectivity index (χ1n) is 7.25. The summed E-state index contributed by atoms with van der Waals surface area (Å²) < 4.78 is 11.5. The van der Waals surface area contributed by atoms with Crippen molar-refractivity contribution >= 4 is 6.08 Å². The molecule has 22 heavy (non-hydrogen) atoms. The van der Waals surface area contributed by atoms with E-state index < -0.39 is 0 Å². The molecule has 0 amide bonds. The van der Waals surface area contributed by atoms with E-state index in [1.54, 1.807) is 18.2 Å². The van der Waals surface area contributed by atoms with E-state index in [0.29, 0.717) is 31.1 Å².